The van der Waals surface area contributed by atoms with Gasteiger partial charge in [0, 0.05) is 12.6 Å². The van der Waals surface area contributed by atoms with Crippen LogP contribution in [0, 0.1) is 0 Å². The lowest BCUT2D eigenvalue weighted by Crippen LogP contribution is -2.30. The summed E-state index contributed by atoms with van der Waals surface area (Å²) < 4.78 is 0. The highest BCUT2D eigenvalue weighted by Gasteiger charge is 2.20. The van der Waals surface area contributed by atoms with E-state index in [4.69, 9.17) is 4.84 Å². The van der Waals surface area contributed by atoms with Crippen LogP contribution in [0.25, 0.3) is 0 Å². The van der Waals surface area contributed by atoms with Crippen molar-refractivity contribution in [3.05, 3.63) is 47.4 Å². The average Bonchev–Trinajstić information content (AvgIpc) is 2.41. The van der Waals surface area contributed by atoms with Gasteiger partial charge in [-0.2, -0.15) is 0 Å². The van der Waals surface area contributed by atoms with E-state index in [1.807, 2.05) is 13.0 Å². The number of rotatable bonds is 3. The first-order chi connectivity index (χ1) is 8.68. The topological polar surface area (TPSA) is 70.9 Å². The van der Waals surface area contributed by atoms with Gasteiger partial charge in [-0.3, -0.25) is 10.1 Å². The Bertz CT molecular complexity index is 494. The molecule has 0 bridgehead atoms. The molecule has 1 aliphatic heterocycles. The van der Waals surface area contributed by atoms with Gasteiger partial charge in [0.1, 0.15) is 0 Å². The van der Waals surface area contributed by atoms with E-state index in [1.165, 1.54) is 0 Å². The monoisotopic (exact) mass is 246 g/mol. The number of carbonyl (C=O) groups is 1. The Morgan fingerprint density at radius 2 is 2.17 bits per heavy atom. The molecule has 0 aromatic heterocycles. The number of nitrogens with zero attached hydrogens (tertiary/aromatic N) is 1. The van der Waals surface area contributed by atoms with E-state index in [-0.39, 0.29) is 5.88 Å². The summed E-state index contributed by atoms with van der Waals surface area (Å²) in [4.78, 5) is 16.8. The normalized spacial score (nSPS) is 16.1. The molecule has 1 aromatic carbocycles. The highest BCUT2D eigenvalue weighted by molar-refractivity contribution is 5.83. The Morgan fingerprint density at radius 1 is 1.44 bits per heavy atom. The second-order valence-corrected chi connectivity index (χ2v) is 4.00. The lowest BCUT2D eigenvalue weighted by molar-refractivity contribution is -0.129. The quantitative estimate of drug-likeness (QED) is 0.848. The van der Waals surface area contributed by atoms with E-state index in [2.05, 4.69) is 10.5 Å². The SMILES string of the molecule is CC1=C(NC(=O)C(O)c2ccccc2)ON=CC1. The lowest BCUT2D eigenvalue weighted by Gasteiger charge is -2.16. The fourth-order valence-electron chi connectivity index (χ4n) is 1.53. The maximum absolute atomic E-state index is 11.8. The minimum atomic E-state index is -1.22. The molecule has 2 rings (SSSR count). The smallest absolute Gasteiger partial charge is 0.260 e. The molecule has 18 heavy (non-hydrogen) atoms. The van der Waals surface area contributed by atoms with Crippen LogP contribution in [0.15, 0.2) is 46.9 Å². The van der Waals surface area contributed by atoms with E-state index in [1.54, 1.807) is 30.5 Å². The first kappa shape index (κ1) is 12.3. The summed E-state index contributed by atoms with van der Waals surface area (Å²) in [5, 5.41) is 16.0. The molecule has 0 radical (unpaired) electrons. The van der Waals surface area contributed by atoms with Gasteiger partial charge in [0.2, 0.25) is 5.88 Å². The Hall–Kier alpha value is -2.14. The van der Waals surface area contributed by atoms with E-state index < -0.39 is 12.0 Å². The predicted molar refractivity (Wildman–Crippen MR) is 66.4 cm³/mol. The maximum Gasteiger partial charge on any atom is 0.260 e. The summed E-state index contributed by atoms with van der Waals surface area (Å²) >= 11 is 0. The predicted octanol–water partition coefficient (Wildman–Crippen LogP) is 1.47. The van der Waals surface area contributed by atoms with Crippen molar-refractivity contribution in [2.75, 3.05) is 0 Å². The molecule has 1 aromatic rings. The van der Waals surface area contributed by atoms with Crippen molar-refractivity contribution in [3.8, 4) is 0 Å². The van der Waals surface area contributed by atoms with Crippen LogP contribution < -0.4 is 5.32 Å². The van der Waals surface area contributed by atoms with Crippen molar-refractivity contribution < 1.29 is 14.7 Å². The number of amides is 1. The molecule has 1 amide bonds. The van der Waals surface area contributed by atoms with Gasteiger partial charge in [-0.1, -0.05) is 35.5 Å². The van der Waals surface area contributed by atoms with Crippen LogP contribution in [0.3, 0.4) is 0 Å². The number of nitrogens with one attached hydrogen (secondary N) is 1. The van der Waals surface area contributed by atoms with E-state index in [0.29, 0.717) is 12.0 Å². The van der Waals surface area contributed by atoms with Crippen LogP contribution in [0.2, 0.25) is 0 Å². The van der Waals surface area contributed by atoms with Crippen LogP contribution in [0.4, 0.5) is 0 Å². The zero-order chi connectivity index (χ0) is 13.0. The standard InChI is InChI=1S/C13H14N2O3/c1-9-7-8-14-18-13(9)15-12(17)11(16)10-5-3-2-4-6-10/h2-6,8,11,16H,7H2,1H3,(H,15,17). The Kier molecular flexibility index (Phi) is 3.74. The summed E-state index contributed by atoms with van der Waals surface area (Å²) in [6.45, 7) is 1.83. The number of allylic oxidation sites excluding steroid dienone is 1. The van der Waals surface area contributed by atoms with Crippen LogP contribution in [-0.2, 0) is 9.63 Å². The number of aliphatic hydroxyl groups excluding tert-OH is 1. The average molecular weight is 246 g/mol. The molecule has 5 nitrogen and oxygen atoms in total. The summed E-state index contributed by atoms with van der Waals surface area (Å²) in [5.41, 5.74) is 1.39. The Labute approximate surface area is 105 Å². The number of hydrogen-bond acceptors (Lipinski definition) is 4. The van der Waals surface area contributed by atoms with E-state index >= 15 is 0 Å². The fourth-order valence-corrected chi connectivity index (χ4v) is 1.53. The lowest BCUT2D eigenvalue weighted by atomic mass is 10.1. The zero-order valence-corrected chi connectivity index (χ0v) is 9.96. The van der Waals surface area contributed by atoms with Gasteiger partial charge in [-0.25, -0.2) is 0 Å². The fraction of sp³-hybridized carbons (Fsp3) is 0.231. The summed E-state index contributed by atoms with van der Waals surface area (Å²) in [7, 11) is 0. The summed E-state index contributed by atoms with van der Waals surface area (Å²) in [6.07, 6.45) is 1.01. The van der Waals surface area contributed by atoms with Crippen LogP contribution >= 0.6 is 0 Å². The molecule has 94 valence electrons. The molecule has 1 atom stereocenters. The van der Waals surface area contributed by atoms with Gasteiger partial charge in [0.25, 0.3) is 5.91 Å². The summed E-state index contributed by atoms with van der Waals surface area (Å²) in [5.74, 6) is -0.245. The van der Waals surface area contributed by atoms with Crippen molar-refractivity contribution in [3.63, 3.8) is 0 Å². The number of hydrogen-bond donors (Lipinski definition) is 2. The minimum absolute atomic E-state index is 0.289. The minimum Gasteiger partial charge on any atom is -0.378 e. The first-order valence-corrected chi connectivity index (χ1v) is 5.61. The molecule has 0 aliphatic carbocycles. The molecule has 0 saturated heterocycles. The summed E-state index contributed by atoms with van der Waals surface area (Å²) in [6, 6.07) is 8.71. The molecule has 2 N–H and O–H groups in total. The molecular formula is C13H14N2O3. The first-order valence-electron chi connectivity index (χ1n) is 5.61. The molecule has 0 fully saturated rings. The van der Waals surface area contributed by atoms with Gasteiger partial charge in [0.15, 0.2) is 6.10 Å². The number of carbonyl (C=O) groups excluding carboxylic acids is 1. The highest BCUT2D eigenvalue weighted by Crippen LogP contribution is 2.15. The van der Waals surface area contributed by atoms with Gasteiger partial charge in [0.05, 0.1) is 0 Å². The second kappa shape index (κ2) is 5.46. The van der Waals surface area contributed by atoms with Crippen molar-refractivity contribution in [1.82, 2.24) is 5.32 Å². The highest BCUT2D eigenvalue weighted by atomic mass is 16.6. The van der Waals surface area contributed by atoms with E-state index in [9.17, 15) is 9.90 Å². The molecule has 1 heterocycles. The Morgan fingerprint density at radius 3 is 2.83 bits per heavy atom. The van der Waals surface area contributed by atoms with Gasteiger partial charge >= 0.3 is 0 Å². The van der Waals surface area contributed by atoms with Gasteiger partial charge < -0.3 is 9.94 Å². The molecule has 1 unspecified atom stereocenters. The van der Waals surface area contributed by atoms with Crippen LogP contribution in [-0.4, -0.2) is 17.2 Å². The van der Waals surface area contributed by atoms with Crippen molar-refractivity contribution in [2.45, 2.75) is 19.4 Å². The molecule has 5 heteroatoms. The molecule has 0 spiro atoms. The van der Waals surface area contributed by atoms with E-state index in [0.717, 1.165) is 5.57 Å². The number of benzene rings is 1. The molecular weight excluding hydrogens is 232 g/mol. The third-order valence-electron chi connectivity index (χ3n) is 2.60. The Balaban J connectivity index is 2.04. The van der Waals surface area contributed by atoms with Crippen molar-refractivity contribution in [1.29, 1.82) is 0 Å². The van der Waals surface area contributed by atoms with Gasteiger partial charge in [-0.05, 0) is 18.1 Å². The third-order valence-corrected chi connectivity index (χ3v) is 2.60. The van der Waals surface area contributed by atoms with Crippen molar-refractivity contribution in [2.24, 2.45) is 5.16 Å². The third kappa shape index (κ3) is 2.75. The largest absolute Gasteiger partial charge is 0.378 e. The van der Waals surface area contributed by atoms with Gasteiger partial charge in [-0.15, -0.1) is 0 Å². The molecule has 1 aliphatic rings. The van der Waals surface area contributed by atoms with Crippen molar-refractivity contribution >= 4 is 12.1 Å². The van der Waals surface area contributed by atoms with Crippen LogP contribution in [0.1, 0.15) is 25.0 Å². The second-order valence-electron chi connectivity index (χ2n) is 4.00. The van der Waals surface area contributed by atoms with Crippen LogP contribution in [0.5, 0.6) is 0 Å². The number of oxime groups is 1. The molecule has 0 saturated carbocycles. The number of aliphatic hydroxyl groups is 1. The maximum atomic E-state index is 11.8. The zero-order valence-electron chi connectivity index (χ0n) is 9.96.